The molecule has 1 atom stereocenters. The van der Waals surface area contributed by atoms with Crippen molar-refractivity contribution >= 4 is 17.9 Å². The molecule has 1 unspecified atom stereocenters. The van der Waals surface area contributed by atoms with Crippen LogP contribution in [0.1, 0.15) is 226 Å². The average Bonchev–Trinajstić information content (AvgIpc) is 3.33. The summed E-state index contributed by atoms with van der Waals surface area (Å²) in [4.78, 5) is 37.9. The highest BCUT2D eigenvalue weighted by Crippen LogP contribution is 2.14. The molecular weight excluding hydrogens is 829 g/mol. The van der Waals surface area contributed by atoms with Gasteiger partial charge >= 0.3 is 17.9 Å². The predicted molar refractivity (Wildman–Crippen MR) is 288 cm³/mol. The summed E-state index contributed by atoms with van der Waals surface area (Å²) >= 11 is 0. The monoisotopic (exact) mass is 927 g/mol. The molecule has 67 heavy (non-hydrogen) atoms. The summed E-state index contributed by atoms with van der Waals surface area (Å²) < 4.78 is 16.7. The molecule has 0 bridgehead atoms. The minimum atomic E-state index is -0.823. The van der Waals surface area contributed by atoms with Gasteiger partial charge in [-0.2, -0.15) is 0 Å². The Bertz CT molecular complexity index is 1440. The number of allylic oxidation sites excluding steroid dienone is 20. The first-order valence-electron chi connectivity index (χ1n) is 27.0. The number of hydrogen-bond acceptors (Lipinski definition) is 6. The van der Waals surface area contributed by atoms with Gasteiger partial charge in [-0.15, -0.1) is 0 Å². The van der Waals surface area contributed by atoms with Gasteiger partial charge in [-0.1, -0.05) is 232 Å². The van der Waals surface area contributed by atoms with Crippen LogP contribution in [0.15, 0.2) is 122 Å². The second kappa shape index (κ2) is 54.4. The molecule has 0 aliphatic carbocycles. The van der Waals surface area contributed by atoms with Gasteiger partial charge in [0.05, 0.1) is 0 Å². The summed E-state index contributed by atoms with van der Waals surface area (Å²) in [6.07, 6.45) is 74.9. The number of carbonyl (C=O) groups is 3. The Hall–Kier alpha value is -4.19. The topological polar surface area (TPSA) is 78.9 Å². The van der Waals surface area contributed by atoms with Gasteiger partial charge in [-0.25, -0.2) is 0 Å². The van der Waals surface area contributed by atoms with Crippen LogP contribution in [0, 0.1) is 0 Å². The zero-order valence-corrected chi connectivity index (χ0v) is 43.1. The SMILES string of the molecule is CC/C=C\C/C=C\C/C=C\C/C=C\C/C=C\C/C=C\CCCCCCCCC(=O)OCC(COC(=O)CCCCCCCCCCCCC)OC(=O)CC/C=C\C/C=C\C/C=C\C/C=C\CC. The quantitative estimate of drug-likeness (QED) is 0.0262. The predicted octanol–water partition coefficient (Wildman–Crippen LogP) is 18.1. The van der Waals surface area contributed by atoms with Crippen molar-refractivity contribution < 1.29 is 28.6 Å². The van der Waals surface area contributed by atoms with Crippen molar-refractivity contribution in [1.29, 1.82) is 0 Å². The molecular formula is C61H98O6. The average molecular weight is 927 g/mol. The molecule has 0 aromatic rings. The van der Waals surface area contributed by atoms with Crippen molar-refractivity contribution in [2.24, 2.45) is 0 Å². The van der Waals surface area contributed by atoms with Crippen LogP contribution in [0.4, 0.5) is 0 Å². The van der Waals surface area contributed by atoms with Gasteiger partial charge in [0.15, 0.2) is 6.10 Å². The number of ether oxygens (including phenoxy) is 3. The molecule has 0 spiro atoms. The fraction of sp³-hybridized carbons (Fsp3) is 0.623. The van der Waals surface area contributed by atoms with Gasteiger partial charge < -0.3 is 14.2 Å². The first-order chi connectivity index (χ1) is 33.0. The second-order valence-electron chi connectivity index (χ2n) is 17.4. The van der Waals surface area contributed by atoms with Crippen molar-refractivity contribution in [2.75, 3.05) is 13.2 Å². The number of hydrogen-bond donors (Lipinski definition) is 0. The lowest BCUT2D eigenvalue weighted by Crippen LogP contribution is -2.30. The van der Waals surface area contributed by atoms with Crippen molar-refractivity contribution in [2.45, 2.75) is 232 Å². The molecule has 0 aliphatic heterocycles. The molecule has 0 aromatic carbocycles. The van der Waals surface area contributed by atoms with Crippen LogP contribution in [-0.2, 0) is 28.6 Å². The third-order valence-corrected chi connectivity index (χ3v) is 11.0. The maximum absolute atomic E-state index is 12.7. The fourth-order valence-electron chi connectivity index (χ4n) is 6.99. The molecule has 378 valence electrons. The summed E-state index contributed by atoms with van der Waals surface area (Å²) in [6, 6.07) is 0. The molecule has 0 N–H and O–H groups in total. The molecule has 6 heteroatoms. The van der Waals surface area contributed by atoms with Crippen molar-refractivity contribution in [3.8, 4) is 0 Å². The van der Waals surface area contributed by atoms with Gasteiger partial charge in [-0.3, -0.25) is 14.4 Å². The number of unbranched alkanes of at least 4 members (excludes halogenated alkanes) is 16. The molecule has 0 fully saturated rings. The highest BCUT2D eigenvalue weighted by Gasteiger charge is 2.19. The lowest BCUT2D eigenvalue weighted by Gasteiger charge is -2.18. The van der Waals surface area contributed by atoms with Crippen LogP contribution in [0.25, 0.3) is 0 Å². The van der Waals surface area contributed by atoms with E-state index in [1.165, 1.54) is 64.2 Å². The Balaban J connectivity index is 4.39. The molecule has 0 aliphatic rings. The van der Waals surface area contributed by atoms with Gasteiger partial charge in [0.1, 0.15) is 13.2 Å². The Labute approximate surface area is 412 Å². The number of esters is 3. The van der Waals surface area contributed by atoms with E-state index in [4.69, 9.17) is 14.2 Å². The fourth-order valence-corrected chi connectivity index (χ4v) is 6.99. The van der Waals surface area contributed by atoms with Gasteiger partial charge in [0.25, 0.3) is 0 Å². The number of rotatable bonds is 47. The van der Waals surface area contributed by atoms with Crippen LogP contribution in [0.2, 0.25) is 0 Å². The van der Waals surface area contributed by atoms with E-state index in [1.54, 1.807) is 0 Å². The first kappa shape index (κ1) is 62.8. The van der Waals surface area contributed by atoms with E-state index in [2.05, 4.69) is 130 Å². The van der Waals surface area contributed by atoms with E-state index in [0.717, 1.165) is 116 Å². The minimum absolute atomic E-state index is 0.113. The van der Waals surface area contributed by atoms with Crippen LogP contribution >= 0.6 is 0 Å². The zero-order valence-electron chi connectivity index (χ0n) is 43.1. The standard InChI is InChI=1S/C61H98O6/c1-4-7-10-13-16-19-22-24-25-26-27-28-29-30-31-32-33-34-35-37-39-42-45-48-51-54-60(63)66-57-58(56-65-59(62)53-50-47-44-41-38-21-18-15-12-9-6-3)67-61(64)55-52-49-46-43-40-36-23-20-17-14-11-8-5-2/h7-8,10-11,16-17,19-20,24-25,27-28,30-31,33-34,36,40,46,49,58H,4-6,9,12-15,18,21-23,26,29,32,35,37-39,41-45,47-48,50-57H2,1-3H3/b10-7-,11-8-,19-16-,20-17-,25-24-,28-27-,31-30-,34-33-,40-36-,49-46-. The Morgan fingerprint density at radius 3 is 0.970 bits per heavy atom. The van der Waals surface area contributed by atoms with Crippen LogP contribution < -0.4 is 0 Å². The van der Waals surface area contributed by atoms with E-state index < -0.39 is 12.1 Å². The molecule has 0 amide bonds. The summed E-state index contributed by atoms with van der Waals surface area (Å²) in [6.45, 7) is 6.31. The zero-order chi connectivity index (χ0) is 48.6. The molecule has 0 rings (SSSR count). The van der Waals surface area contributed by atoms with E-state index in [9.17, 15) is 14.4 Å². The van der Waals surface area contributed by atoms with Crippen molar-refractivity contribution in [1.82, 2.24) is 0 Å². The van der Waals surface area contributed by atoms with Gasteiger partial charge in [0.2, 0.25) is 0 Å². The smallest absolute Gasteiger partial charge is 0.306 e. The Kier molecular flexibility index (Phi) is 51.0. The maximum atomic E-state index is 12.7. The van der Waals surface area contributed by atoms with Crippen LogP contribution in [-0.4, -0.2) is 37.2 Å². The molecule has 0 aromatic heterocycles. The normalized spacial score (nSPS) is 13.1. The second-order valence-corrected chi connectivity index (χ2v) is 17.4. The van der Waals surface area contributed by atoms with Crippen molar-refractivity contribution in [3.05, 3.63) is 122 Å². The number of carbonyl (C=O) groups excluding carboxylic acids is 3. The Morgan fingerprint density at radius 2 is 0.612 bits per heavy atom. The molecule has 0 radical (unpaired) electrons. The lowest BCUT2D eigenvalue weighted by molar-refractivity contribution is -0.166. The molecule has 0 saturated heterocycles. The summed E-state index contributed by atoms with van der Waals surface area (Å²) in [7, 11) is 0. The van der Waals surface area contributed by atoms with E-state index in [-0.39, 0.29) is 31.6 Å². The van der Waals surface area contributed by atoms with E-state index in [1.807, 2.05) is 12.2 Å². The lowest BCUT2D eigenvalue weighted by atomic mass is 10.1. The summed E-state index contributed by atoms with van der Waals surface area (Å²) in [5.41, 5.74) is 0. The molecule has 0 saturated carbocycles. The van der Waals surface area contributed by atoms with Crippen molar-refractivity contribution in [3.63, 3.8) is 0 Å². The highest BCUT2D eigenvalue weighted by molar-refractivity contribution is 5.71. The molecule has 0 heterocycles. The van der Waals surface area contributed by atoms with Gasteiger partial charge in [-0.05, 0) is 96.3 Å². The van der Waals surface area contributed by atoms with E-state index >= 15 is 0 Å². The molecule has 6 nitrogen and oxygen atoms in total. The third-order valence-electron chi connectivity index (χ3n) is 11.0. The largest absolute Gasteiger partial charge is 0.462 e. The summed E-state index contributed by atoms with van der Waals surface area (Å²) in [5.74, 6) is -1.02. The van der Waals surface area contributed by atoms with Crippen LogP contribution in [0.5, 0.6) is 0 Å². The maximum Gasteiger partial charge on any atom is 0.306 e. The summed E-state index contributed by atoms with van der Waals surface area (Å²) in [5, 5.41) is 0. The minimum Gasteiger partial charge on any atom is -0.462 e. The van der Waals surface area contributed by atoms with Gasteiger partial charge in [0, 0.05) is 19.3 Å². The Morgan fingerprint density at radius 1 is 0.313 bits per heavy atom. The first-order valence-corrected chi connectivity index (χ1v) is 27.0. The third kappa shape index (κ3) is 52.6. The van der Waals surface area contributed by atoms with E-state index in [0.29, 0.717) is 19.3 Å². The van der Waals surface area contributed by atoms with Crippen LogP contribution in [0.3, 0.4) is 0 Å². The highest BCUT2D eigenvalue weighted by atomic mass is 16.6.